The molecule has 1 saturated carbocycles. The first-order valence-corrected chi connectivity index (χ1v) is 9.43. The van der Waals surface area contributed by atoms with Crippen molar-refractivity contribution in [2.24, 2.45) is 5.41 Å². The highest BCUT2D eigenvalue weighted by Gasteiger charge is 2.38. The second-order valence-corrected chi connectivity index (χ2v) is 10.4. The molecule has 0 aromatic rings. The Morgan fingerprint density at radius 2 is 2.00 bits per heavy atom. The molecule has 2 aliphatic rings. The molecule has 0 amide bonds. The average Bonchev–Trinajstić information content (AvgIpc) is 3.18. The molecule has 1 aliphatic heterocycles. The van der Waals surface area contributed by atoms with E-state index in [1.807, 2.05) is 0 Å². The quantitative estimate of drug-likeness (QED) is 0.817. The highest BCUT2D eigenvalue weighted by Crippen LogP contribution is 2.34. The number of ether oxygens (including phenoxy) is 1. The molecule has 1 atom stereocenters. The second kappa shape index (κ2) is 5.93. The van der Waals surface area contributed by atoms with Gasteiger partial charge >= 0.3 is 0 Å². The number of rotatable bonds is 6. The molecule has 1 heterocycles. The first kappa shape index (κ1) is 16.2. The molecule has 1 saturated heterocycles. The van der Waals surface area contributed by atoms with Gasteiger partial charge < -0.3 is 10.1 Å². The van der Waals surface area contributed by atoms with Crippen molar-refractivity contribution in [1.29, 1.82) is 0 Å². The zero-order chi connectivity index (χ0) is 14.9. The van der Waals surface area contributed by atoms with Gasteiger partial charge in [0.1, 0.15) is 0 Å². The molecule has 2 rings (SSSR count). The molecule has 0 radical (unpaired) electrons. The van der Waals surface area contributed by atoms with E-state index in [1.54, 1.807) is 20.8 Å². The average molecular weight is 303 g/mol. The third-order valence-corrected chi connectivity index (χ3v) is 7.19. The maximum atomic E-state index is 12.3. The van der Waals surface area contributed by atoms with Crippen molar-refractivity contribution in [1.82, 2.24) is 5.32 Å². The van der Waals surface area contributed by atoms with Crippen molar-refractivity contribution in [2.75, 3.05) is 25.5 Å². The van der Waals surface area contributed by atoms with Crippen molar-refractivity contribution in [3.05, 3.63) is 0 Å². The van der Waals surface area contributed by atoms with Gasteiger partial charge in [0, 0.05) is 24.6 Å². The summed E-state index contributed by atoms with van der Waals surface area (Å²) >= 11 is 0. The number of sulfone groups is 1. The summed E-state index contributed by atoms with van der Waals surface area (Å²) in [4.78, 5) is 0. The maximum absolute atomic E-state index is 12.3. The van der Waals surface area contributed by atoms with Crippen LogP contribution in [0, 0.1) is 5.41 Å². The predicted molar refractivity (Wildman–Crippen MR) is 81.7 cm³/mol. The number of nitrogens with one attached hydrogen (secondary N) is 1. The fourth-order valence-corrected chi connectivity index (χ4v) is 3.95. The molecule has 0 spiro atoms. The Hall–Kier alpha value is -0.130. The van der Waals surface area contributed by atoms with Crippen LogP contribution in [0.25, 0.3) is 0 Å². The van der Waals surface area contributed by atoms with Crippen LogP contribution in [0.1, 0.15) is 52.9 Å². The number of hydrogen-bond donors (Lipinski definition) is 1. The van der Waals surface area contributed by atoms with Crippen molar-refractivity contribution < 1.29 is 13.2 Å². The van der Waals surface area contributed by atoms with Gasteiger partial charge in [0.15, 0.2) is 9.84 Å². The Morgan fingerprint density at radius 1 is 1.30 bits per heavy atom. The largest absolute Gasteiger partial charge is 0.381 e. The lowest BCUT2D eigenvalue weighted by atomic mass is 9.80. The molecule has 118 valence electrons. The Kier molecular flexibility index (Phi) is 4.82. The minimum Gasteiger partial charge on any atom is -0.381 e. The Bertz CT molecular complexity index is 415. The summed E-state index contributed by atoms with van der Waals surface area (Å²) in [5, 5.41) is 3.57. The van der Waals surface area contributed by atoms with Gasteiger partial charge in [-0.05, 0) is 52.9 Å². The fraction of sp³-hybridized carbons (Fsp3) is 1.00. The lowest BCUT2D eigenvalue weighted by molar-refractivity contribution is -0.00916. The maximum Gasteiger partial charge on any atom is 0.155 e. The molecular weight excluding hydrogens is 274 g/mol. The van der Waals surface area contributed by atoms with Gasteiger partial charge in [-0.2, -0.15) is 0 Å². The third kappa shape index (κ3) is 4.18. The molecule has 2 fully saturated rings. The lowest BCUT2D eigenvalue weighted by Gasteiger charge is -2.38. The molecule has 0 bridgehead atoms. The van der Waals surface area contributed by atoms with Crippen molar-refractivity contribution in [3.63, 3.8) is 0 Å². The van der Waals surface area contributed by atoms with E-state index < -0.39 is 14.6 Å². The van der Waals surface area contributed by atoms with E-state index in [1.165, 1.54) is 12.8 Å². The van der Waals surface area contributed by atoms with Crippen LogP contribution in [0.5, 0.6) is 0 Å². The van der Waals surface area contributed by atoms with E-state index in [4.69, 9.17) is 4.74 Å². The molecular formula is C15H29NO3S. The van der Waals surface area contributed by atoms with Crippen LogP contribution in [0.3, 0.4) is 0 Å². The van der Waals surface area contributed by atoms with Crippen LogP contribution in [0.4, 0.5) is 0 Å². The van der Waals surface area contributed by atoms with Gasteiger partial charge in [-0.3, -0.25) is 0 Å². The Morgan fingerprint density at radius 3 is 2.50 bits per heavy atom. The van der Waals surface area contributed by atoms with Crippen LogP contribution in [-0.2, 0) is 14.6 Å². The monoisotopic (exact) mass is 303 g/mol. The van der Waals surface area contributed by atoms with Gasteiger partial charge in [-0.25, -0.2) is 8.42 Å². The minimum atomic E-state index is -3.04. The van der Waals surface area contributed by atoms with Gasteiger partial charge in [0.25, 0.3) is 0 Å². The van der Waals surface area contributed by atoms with Gasteiger partial charge in [-0.1, -0.05) is 0 Å². The molecule has 0 aromatic heterocycles. The van der Waals surface area contributed by atoms with E-state index in [-0.39, 0.29) is 11.2 Å². The highest BCUT2D eigenvalue weighted by atomic mass is 32.2. The summed E-state index contributed by atoms with van der Waals surface area (Å²) in [5.41, 5.74) is 0.0131. The fourth-order valence-electron chi connectivity index (χ4n) is 2.64. The molecule has 1 N–H and O–H groups in total. The van der Waals surface area contributed by atoms with Crippen LogP contribution in [-0.4, -0.2) is 44.7 Å². The summed E-state index contributed by atoms with van der Waals surface area (Å²) in [7, 11) is -3.04. The molecule has 0 aromatic carbocycles. The van der Waals surface area contributed by atoms with Crippen molar-refractivity contribution >= 4 is 9.84 Å². The van der Waals surface area contributed by atoms with Gasteiger partial charge in [0.05, 0.1) is 17.1 Å². The zero-order valence-electron chi connectivity index (χ0n) is 13.1. The zero-order valence-corrected chi connectivity index (χ0v) is 13.9. The lowest BCUT2D eigenvalue weighted by Crippen LogP contribution is -2.44. The molecule has 4 nitrogen and oxygen atoms in total. The normalized spacial score (nSPS) is 28.6. The number of hydrogen-bond acceptors (Lipinski definition) is 4. The third-order valence-electron chi connectivity index (χ3n) is 4.58. The van der Waals surface area contributed by atoms with E-state index in [9.17, 15) is 8.42 Å². The van der Waals surface area contributed by atoms with Gasteiger partial charge in [-0.15, -0.1) is 0 Å². The minimum absolute atomic E-state index is 0.0131. The highest BCUT2D eigenvalue weighted by molar-refractivity contribution is 7.92. The SMILES string of the molecule is CC(C)(C)S(=O)(=O)CCC1(CNC2CC2)CCCOC1. The standard InChI is InChI=1S/C15H29NO3S/c1-14(2,3)20(17,18)10-8-15(7-4-9-19-12-15)11-16-13-5-6-13/h13,16H,4-12H2,1-3H3. The van der Waals surface area contributed by atoms with E-state index in [0.717, 1.165) is 26.0 Å². The van der Waals surface area contributed by atoms with Crippen molar-refractivity contribution in [2.45, 2.75) is 63.7 Å². The molecule has 20 heavy (non-hydrogen) atoms. The van der Waals surface area contributed by atoms with Gasteiger partial charge in [0.2, 0.25) is 0 Å². The predicted octanol–water partition coefficient (Wildman–Crippen LogP) is 2.14. The van der Waals surface area contributed by atoms with E-state index in [0.29, 0.717) is 19.1 Å². The Balaban J connectivity index is 1.96. The summed E-state index contributed by atoms with van der Waals surface area (Å²) in [6, 6.07) is 0.660. The van der Waals surface area contributed by atoms with E-state index >= 15 is 0 Å². The van der Waals surface area contributed by atoms with Crippen LogP contribution in [0.15, 0.2) is 0 Å². The summed E-state index contributed by atoms with van der Waals surface area (Å²) in [6.45, 7) is 7.78. The first-order valence-electron chi connectivity index (χ1n) is 7.78. The molecule has 1 unspecified atom stereocenters. The topological polar surface area (TPSA) is 55.4 Å². The van der Waals surface area contributed by atoms with Crippen LogP contribution >= 0.6 is 0 Å². The van der Waals surface area contributed by atoms with Crippen LogP contribution < -0.4 is 5.32 Å². The van der Waals surface area contributed by atoms with Crippen molar-refractivity contribution in [3.8, 4) is 0 Å². The smallest absolute Gasteiger partial charge is 0.155 e. The summed E-state index contributed by atoms with van der Waals surface area (Å²) < 4.78 is 29.6. The summed E-state index contributed by atoms with van der Waals surface area (Å²) in [5.74, 6) is 0.270. The second-order valence-electron chi connectivity index (χ2n) is 7.49. The Labute approximate surface area is 123 Å². The molecule has 5 heteroatoms. The first-order chi connectivity index (χ1) is 9.24. The summed E-state index contributed by atoms with van der Waals surface area (Å²) in [6.07, 6.45) is 5.36. The van der Waals surface area contributed by atoms with E-state index in [2.05, 4.69) is 5.32 Å². The van der Waals surface area contributed by atoms with Crippen LogP contribution in [0.2, 0.25) is 0 Å². The molecule has 1 aliphatic carbocycles.